The summed E-state index contributed by atoms with van der Waals surface area (Å²) >= 11 is 0. The summed E-state index contributed by atoms with van der Waals surface area (Å²) in [6.07, 6.45) is 0. The van der Waals surface area contributed by atoms with Crippen LogP contribution in [0.15, 0.2) is 30.3 Å². The van der Waals surface area contributed by atoms with Crippen molar-refractivity contribution in [1.29, 1.82) is 0 Å². The second-order valence-electron chi connectivity index (χ2n) is 5.02. The van der Waals surface area contributed by atoms with E-state index in [1.165, 1.54) is 5.56 Å². The van der Waals surface area contributed by atoms with Gasteiger partial charge in [0.25, 0.3) is 0 Å². The number of benzene rings is 1. The van der Waals surface area contributed by atoms with E-state index in [2.05, 4.69) is 58.2 Å². The van der Waals surface area contributed by atoms with Crippen LogP contribution in [0.2, 0.25) is 0 Å². The predicted molar refractivity (Wildman–Crippen MR) is 70.4 cm³/mol. The maximum absolute atomic E-state index is 4.39. The van der Waals surface area contributed by atoms with Gasteiger partial charge in [-0.2, -0.15) is 0 Å². The summed E-state index contributed by atoms with van der Waals surface area (Å²) in [4.78, 5) is 0. The Hall–Kier alpha value is -1.68. The summed E-state index contributed by atoms with van der Waals surface area (Å²) in [5, 5.41) is 12.3. The highest BCUT2D eigenvalue weighted by molar-refractivity contribution is 5.26. The molecule has 1 aliphatic heterocycles. The van der Waals surface area contributed by atoms with Crippen LogP contribution >= 0.6 is 0 Å². The van der Waals surface area contributed by atoms with E-state index in [1.807, 2.05) is 6.07 Å². The summed E-state index contributed by atoms with van der Waals surface area (Å²) < 4.78 is 2.26. The molecule has 0 spiro atoms. The zero-order valence-corrected chi connectivity index (χ0v) is 10.8. The molecule has 1 atom stereocenters. The lowest BCUT2D eigenvalue weighted by Gasteiger charge is -2.26. The Balaban J connectivity index is 2.03. The van der Waals surface area contributed by atoms with Crippen molar-refractivity contribution in [2.24, 2.45) is 0 Å². The first-order chi connectivity index (χ1) is 8.77. The molecule has 3 rings (SSSR count). The Kier molecular flexibility index (Phi) is 2.88. The monoisotopic (exact) mass is 242 g/mol. The van der Waals surface area contributed by atoms with Gasteiger partial charge in [0.1, 0.15) is 5.82 Å². The van der Waals surface area contributed by atoms with Crippen LogP contribution in [0.5, 0.6) is 0 Å². The number of nitrogens with one attached hydrogen (secondary N) is 1. The van der Waals surface area contributed by atoms with Gasteiger partial charge in [0.15, 0.2) is 5.82 Å². The SMILES string of the molecule is CC(C)c1nnc2n1CCNC2c1ccccc1. The molecule has 1 unspecified atom stereocenters. The highest BCUT2D eigenvalue weighted by atomic mass is 15.3. The summed E-state index contributed by atoms with van der Waals surface area (Å²) in [6, 6.07) is 10.6. The van der Waals surface area contributed by atoms with Gasteiger partial charge in [-0.3, -0.25) is 0 Å². The van der Waals surface area contributed by atoms with Crippen LogP contribution in [0.25, 0.3) is 0 Å². The fourth-order valence-corrected chi connectivity index (χ4v) is 2.52. The molecule has 0 aliphatic carbocycles. The van der Waals surface area contributed by atoms with Crippen LogP contribution in [-0.4, -0.2) is 21.3 Å². The van der Waals surface area contributed by atoms with E-state index in [-0.39, 0.29) is 6.04 Å². The van der Waals surface area contributed by atoms with E-state index in [0.29, 0.717) is 5.92 Å². The van der Waals surface area contributed by atoms with Crippen LogP contribution in [-0.2, 0) is 6.54 Å². The molecule has 1 aromatic heterocycles. The molecule has 0 fully saturated rings. The van der Waals surface area contributed by atoms with Crippen molar-refractivity contribution >= 4 is 0 Å². The van der Waals surface area contributed by atoms with Crippen LogP contribution < -0.4 is 5.32 Å². The fraction of sp³-hybridized carbons (Fsp3) is 0.429. The Bertz CT molecular complexity index is 530. The highest BCUT2D eigenvalue weighted by Gasteiger charge is 2.26. The first kappa shape index (κ1) is 11.4. The maximum atomic E-state index is 4.39. The van der Waals surface area contributed by atoms with Gasteiger partial charge < -0.3 is 9.88 Å². The van der Waals surface area contributed by atoms with Crippen LogP contribution in [0.3, 0.4) is 0 Å². The lowest BCUT2D eigenvalue weighted by atomic mass is 10.0. The largest absolute Gasteiger partial charge is 0.312 e. The second-order valence-corrected chi connectivity index (χ2v) is 5.02. The number of rotatable bonds is 2. The zero-order chi connectivity index (χ0) is 12.5. The third-order valence-electron chi connectivity index (χ3n) is 3.40. The molecule has 0 radical (unpaired) electrons. The molecular formula is C14H18N4. The third kappa shape index (κ3) is 1.82. The van der Waals surface area contributed by atoms with Gasteiger partial charge in [-0.15, -0.1) is 10.2 Å². The highest BCUT2D eigenvalue weighted by Crippen LogP contribution is 2.25. The molecule has 2 heterocycles. The molecule has 18 heavy (non-hydrogen) atoms. The van der Waals surface area contributed by atoms with E-state index >= 15 is 0 Å². The minimum absolute atomic E-state index is 0.167. The zero-order valence-electron chi connectivity index (χ0n) is 10.8. The van der Waals surface area contributed by atoms with Gasteiger partial charge in [-0.25, -0.2) is 0 Å². The van der Waals surface area contributed by atoms with Crippen molar-refractivity contribution < 1.29 is 0 Å². The Morgan fingerprint density at radius 1 is 1.22 bits per heavy atom. The molecule has 1 aliphatic rings. The smallest absolute Gasteiger partial charge is 0.154 e. The Morgan fingerprint density at radius 2 is 2.00 bits per heavy atom. The number of nitrogens with zero attached hydrogens (tertiary/aromatic N) is 3. The van der Waals surface area contributed by atoms with Crippen LogP contribution in [0.4, 0.5) is 0 Å². The summed E-state index contributed by atoms with van der Waals surface area (Å²) in [5.41, 5.74) is 1.25. The van der Waals surface area contributed by atoms with Crippen molar-refractivity contribution in [3.63, 3.8) is 0 Å². The standard InChI is InChI=1S/C14H18N4/c1-10(2)13-16-17-14-12(15-8-9-18(13)14)11-6-4-3-5-7-11/h3-7,10,12,15H,8-9H2,1-2H3. The molecule has 0 amide bonds. The van der Waals surface area contributed by atoms with Gasteiger partial charge in [0.05, 0.1) is 6.04 Å². The van der Waals surface area contributed by atoms with E-state index in [9.17, 15) is 0 Å². The summed E-state index contributed by atoms with van der Waals surface area (Å²) in [5.74, 6) is 2.55. The average Bonchev–Trinajstić information content (AvgIpc) is 2.83. The number of aromatic nitrogens is 3. The normalized spacial score (nSPS) is 18.9. The first-order valence-electron chi connectivity index (χ1n) is 6.48. The van der Waals surface area contributed by atoms with Crippen molar-refractivity contribution in [2.45, 2.75) is 32.4 Å². The quantitative estimate of drug-likeness (QED) is 0.877. The summed E-state index contributed by atoms with van der Waals surface area (Å²) in [7, 11) is 0. The lowest BCUT2D eigenvalue weighted by molar-refractivity contribution is 0.443. The molecule has 1 aromatic carbocycles. The summed E-state index contributed by atoms with van der Waals surface area (Å²) in [6.45, 7) is 6.25. The fourth-order valence-electron chi connectivity index (χ4n) is 2.52. The van der Waals surface area contributed by atoms with Gasteiger partial charge in [-0.1, -0.05) is 44.2 Å². The topological polar surface area (TPSA) is 42.7 Å². The van der Waals surface area contributed by atoms with E-state index in [0.717, 1.165) is 24.7 Å². The number of hydrogen-bond acceptors (Lipinski definition) is 3. The predicted octanol–water partition coefficient (Wildman–Crippen LogP) is 2.09. The molecule has 0 bridgehead atoms. The minimum Gasteiger partial charge on any atom is -0.312 e. The van der Waals surface area contributed by atoms with E-state index in [4.69, 9.17) is 0 Å². The third-order valence-corrected chi connectivity index (χ3v) is 3.40. The molecule has 1 N–H and O–H groups in total. The lowest BCUT2D eigenvalue weighted by Crippen LogP contribution is -2.35. The molecule has 2 aromatic rings. The van der Waals surface area contributed by atoms with Gasteiger partial charge in [-0.05, 0) is 5.56 Å². The van der Waals surface area contributed by atoms with Crippen molar-refractivity contribution in [1.82, 2.24) is 20.1 Å². The average molecular weight is 242 g/mol. The first-order valence-corrected chi connectivity index (χ1v) is 6.48. The molecule has 4 nitrogen and oxygen atoms in total. The molecule has 4 heteroatoms. The van der Waals surface area contributed by atoms with E-state index < -0.39 is 0 Å². The number of fused-ring (bicyclic) bond motifs is 1. The van der Waals surface area contributed by atoms with Crippen molar-refractivity contribution in [3.8, 4) is 0 Å². The number of hydrogen-bond donors (Lipinski definition) is 1. The van der Waals surface area contributed by atoms with E-state index in [1.54, 1.807) is 0 Å². The maximum Gasteiger partial charge on any atom is 0.154 e. The minimum atomic E-state index is 0.167. The van der Waals surface area contributed by atoms with Crippen LogP contribution in [0, 0.1) is 0 Å². The van der Waals surface area contributed by atoms with Gasteiger partial charge in [0.2, 0.25) is 0 Å². The molecule has 0 saturated heterocycles. The van der Waals surface area contributed by atoms with Gasteiger partial charge >= 0.3 is 0 Å². The second kappa shape index (κ2) is 4.53. The molecule has 94 valence electrons. The Morgan fingerprint density at radius 3 is 2.72 bits per heavy atom. The van der Waals surface area contributed by atoms with Gasteiger partial charge in [0, 0.05) is 19.0 Å². The van der Waals surface area contributed by atoms with Crippen LogP contribution in [0.1, 0.15) is 43.0 Å². The molecule has 0 saturated carbocycles. The van der Waals surface area contributed by atoms with Crippen molar-refractivity contribution in [2.75, 3.05) is 6.54 Å². The van der Waals surface area contributed by atoms with Crippen molar-refractivity contribution in [3.05, 3.63) is 47.5 Å². The molecular weight excluding hydrogens is 224 g/mol. The Labute approximate surface area is 107 Å².